The molecule has 0 amide bonds. The van der Waals surface area contributed by atoms with E-state index in [-0.39, 0.29) is 6.61 Å². The van der Waals surface area contributed by atoms with Crippen molar-refractivity contribution in [3.8, 4) is 0 Å². The Hall–Kier alpha value is -0.160. The number of aliphatic hydroxyl groups excluding tert-OH is 3. The van der Waals surface area contributed by atoms with Gasteiger partial charge < -0.3 is 20.1 Å². The molecule has 1 aliphatic rings. The Bertz CT molecular complexity index is 695. The molecule has 3 rings (SSSR count). The molecule has 2 heterocycles. The molecule has 21 heavy (non-hydrogen) atoms. The number of aliphatic hydroxyl groups is 3. The summed E-state index contributed by atoms with van der Waals surface area (Å²) < 4.78 is 7.71. The maximum atomic E-state index is 10.1. The first kappa shape index (κ1) is 15.7. The Kier molecular flexibility index (Phi) is 4.34. The van der Waals surface area contributed by atoms with Crippen molar-refractivity contribution in [2.45, 2.75) is 24.5 Å². The molecule has 0 saturated carbocycles. The van der Waals surface area contributed by atoms with E-state index in [1.54, 1.807) is 16.7 Å². The SMILES string of the molecule is OC[C@H]1OC(n2c(I)nc3cc(Cl)c(Cl)cc32)[C@H](O)[C@@H]1O. The lowest BCUT2D eigenvalue weighted by Gasteiger charge is -2.18. The van der Waals surface area contributed by atoms with Crippen LogP contribution in [0.5, 0.6) is 0 Å². The molecular weight excluding hydrogens is 434 g/mol. The van der Waals surface area contributed by atoms with Gasteiger partial charge in [0.2, 0.25) is 0 Å². The minimum absolute atomic E-state index is 0.355. The zero-order chi connectivity index (χ0) is 15.3. The van der Waals surface area contributed by atoms with Crippen LogP contribution in [-0.4, -0.2) is 49.8 Å². The summed E-state index contributed by atoms with van der Waals surface area (Å²) in [5.41, 5.74) is 1.23. The van der Waals surface area contributed by atoms with E-state index in [1.807, 2.05) is 22.6 Å². The second kappa shape index (κ2) is 5.80. The Morgan fingerprint density at radius 3 is 2.52 bits per heavy atom. The molecule has 0 spiro atoms. The molecule has 1 fully saturated rings. The van der Waals surface area contributed by atoms with Gasteiger partial charge in [-0.3, -0.25) is 4.57 Å². The second-order valence-electron chi connectivity index (χ2n) is 4.73. The monoisotopic (exact) mass is 444 g/mol. The molecule has 6 nitrogen and oxygen atoms in total. The summed E-state index contributed by atoms with van der Waals surface area (Å²) in [5, 5.41) is 29.9. The van der Waals surface area contributed by atoms with E-state index in [2.05, 4.69) is 4.98 Å². The van der Waals surface area contributed by atoms with Crippen molar-refractivity contribution >= 4 is 56.8 Å². The van der Waals surface area contributed by atoms with E-state index in [0.717, 1.165) is 0 Å². The molecule has 0 aliphatic carbocycles. The minimum Gasteiger partial charge on any atom is -0.394 e. The third kappa shape index (κ3) is 2.54. The zero-order valence-corrected chi connectivity index (χ0v) is 14.1. The Morgan fingerprint density at radius 1 is 1.24 bits per heavy atom. The van der Waals surface area contributed by atoms with Crippen LogP contribution in [0.15, 0.2) is 12.1 Å². The molecular formula is C12H11Cl2IN2O4. The van der Waals surface area contributed by atoms with Gasteiger partial charge in [0, 0.05) is 22.6 Å². The van der Waals surface area contributed by atoms with Crippen molar-refractivity contribution in [1.29, 1.82) is 0 Å². The highest BCUT2D eigenvalue weighted by atomic mass is 127. The van der Waals surface area contributed by atoms with Crippen molar-refractivity contribution in [2.75, 3.05) is 6.61 Å². The number of rotatable bonds is 2. The predicted molar refractivity (Wildman–Crippen MR) is 85.5 cm³/mol. The van der Waals surface area contributed by atoms with Crippen molar-refractivity contribution in [3.05, 3.63) is 26.0 Å². The number of nitrogens with zero attached hydrogens (tertiary/aromatic N) is 2. The highest BCUT2D eigenvalue weighted by molar-refractivity contribution is 14.1. The molecule has 114 valence electrons. The predicted octanol–water partition coefficient (Wildman–Crippen LogP) is 1.56. The average Bonchev–Trinajstić information content (AvgIpc) is 2.89. The van der Waals surface area contributed by atoms with Gasteiger partial charge in [0.15, 0.2) is 10.1 Å². The average molecular weight is 445 g/mol. The molecule has 9 heteroatoms. The summed E-state index contributed by atoms with van der Waals surface area (Å²) in [7, 11) is 0. The van der Waals surface area contributed by atoms with E-state index >= 15 is 0 Å². The van der Waals surface area contributed by atoms with E-state index in [9.17, 15) is 15.3 Å². The van der Waals surface area contributed by atoms with Gasteiger partial charge in [0.25, 0.3) is 0 Å². The largest absolute Gasteiger partial charge is 0.394 e. The van der Waals surface area contributed by atoms with Crippen LogP contribution < -0.4 is 0 Å². The number of imidazole rings is 1. The van der Waals surface area contributed by atoms with Gasteiger partial charge in [-0.05, 0) is 12.1 Å². The molecule has 1 aromatic carbocycles. The number of hydrogen-bond donors (Lipinski definition) is 3. The fourth-order valence-electron chi connectivity index (χ4n) is 2.40. The number of benzene rings is 1. The van der Waals surface area contributed by atoms with Crippen LogP contribution in [0.3, 0.4) is 0 Å². The lowest BCUT2D eigenvalue weighted by molar-refractivity contribution is -0.0520. The standard InChI is InChI=1S/C12H11Cl2IN2O4/c13-4-1-6-7(2-5(4)14)17(12(15)16-6)11-10(20)9(19)8(3-18)21-11/h1-2,8-11,18-20H,3H2/t8-,9-,10-,11?/m1/s1. The molecule has 4 atom stereocenters. The number of hydrogen-bond acceptors (Lipinski definition) is 5. The number of aromatic nitrogens is 2. The van der Waals surface area contributed by atoms with Gasteiger partial charge in [-0.25, -0.2) is 4.98 Å². The first-order valence-corrected chi connectivity index (χ1v) is 7.92. The number of halogens is 3. The van der Waals surface area contributed by atoms with Crippen LogP contribution >= 0.6 is 45.8 Å². The zero-order valence-electron chi connectivity index (χ0n) is 10.4. The second-order valence-corrected chi connectivity index (χ2v) is 6.51. The third-order valence-electron chi connectivity index (χ3n) is 3.46. The van der Waals surface area contributed by atoms with Gasteiger partial charge in [0.05, 0.1) is 27.7 Å². The first-order valence-electron chi connectivity index (χ1n) is 6.09. The Morgan fingerprint density at radius 2 is 1.90 bits per heavy atom. The van der Waals surface area contributed by atoms with E-state index < -0.39 is 24.5 Å². The summed E-state index contributed by atoms with van der Waals surface area (Å²) in [4.78, 5) is 4.34. The maximum absolute atomic E-state index is 10.1. The molecule has 3 N–H and O–H groups in total. The van der Waals surface area contributed by atoms with Crippen LogP contribution in [0, 0.1) is 3.83 Å². The fraction of sp³-hybridized carbons (Fsp3) is 0.417. The lowest BCUT2D eigenvalue weighted by Crippen LogP contribution is -2.33. The van der Waals surface area contributed by atoms with Gasteiger partial charge in [-0.1, -0.05) is 23.2 Å². The number of ether oxygens (including phenoxy) is 1. The summed E-state index contributed by atoms with van der Waals surface area (Å²) >= 11 is 14.0. The molecule has 0 radical (unpaired) electrons. The van der Waals surface area contributed by atoms with Crippen LogP contribution in [0.1, 0.15) is 6.23 Å². The Balaban J connectivity index is 2.12. The lowest BCUT2D eigenvalue weighted by atomic mass is 10.1. The van der Waals surface area contributed by atoms with Crippen LogP contribution in [0.2, 0.25) is 10.0 Å². The first-order chi connectivity index (χ1) is 9.93. The molecule has 1 unspecified atom stereocenters. The maximum Gasteiger partial charge on any atom is 0.174 e. The number of fused-ring (bicyclic) bond motifs is 1. The molecule has 2 aromatic rings. The van der Waals surface area contributed by atoms with Gasteiger partial charge in [-0.15, -0.1) is 0 Å². The Labute approximate surface area is 143 Å². The van der Waals surface area contributed by atoms with E-state index in [1.165, 1.54) is 0 Å². The van der Waals surface area contributed by atoms with Gasteiger partial charge in [-0.2, -0.15) is 0 Å². The molecule has 1 saturated heterocycles. The highest BCUT2D eigenvalue weighted by Crippen LogP contribution is 2.36. The van der Waals surface area contributed by atoms with Crippen molar-refractivity contribution in [2.24, 2.45) is 0 Å². The van der Waals surface area contributed by atoms with Crippen molar-refractivity contribution in [1.82, 2.24) is 9.55 Å². The van der Waals surface area contributed by atoms with Crippen molar-refractivity contribution in [3.63, 3.8) is 0 Å². The highest BCUT2D eigenvalue weighted by Gasteiger charge is 2.44. The summed E-state index contributed by atoms with van der Waals surface area (Å²) in [6, 6.07) is 3.25. The van der Waals surface area contributed by atoms with Crippen LogP contribution in [0.25, 0.3) is 11.0 Å². The van der Waals surface area contributed by atoms with E-state index in [0.29, 0.717) is 24.9 Å². The van der Waals surface area contributed by atoms with Gasteiger partial charge in [0.1, 0.15) is 18.3 Å². The van der Waals surface area contributed by atoms with Gasteiger partial charge >= 0.3 is 0 Å². The van der Waals surface area contributed by atoms with Crippen LogP contribution in [0.4, 0.5) is 0 Å². The summed E-state index contributed by atoms with van der Waals surface area (Å²) in [6.45, 7) is -0.384. The van der Waals surface area contributed by atoms with Crippen molar-refractivity contribution < 1.29 is 20.1 Å². The molecule has 1 aliphatic heterocycles. The van der Waals surface area contributed by atoms with E-state index in [4.69, 9.17) is 27.9 Å². The molecule has 1 aromatic heterocycles. The third-order valence-corrected chi connectivity index (χ3v) is 4.94. The topological polar surface area (TPSA) is 87.7 Å². The minimum atomic E-state index is -1.18. The fourth-order valence-corrected chi connectivity index (χ4v) is 3.51. The summed E-state index contributed by atoms with van der Waals surface area (Å²) in [6.07, 6.45) is -4.05. The smallest absolute Gasteiger partial charge is 0.174 e. The quantitative estimate of drug-likeness (QED) is 0.612. The normalized spacial score (nSPS) is 29.4. The van der Waals surface area contributed by atoms with Crippen LogP contribution in [-0.2, 0) is 4.74 Å². The summed E-state index contributed by atoms with van der Waals surface area (Å²) in [5.74, 6) is 0. The molecule has 0 bridgehead atoms.